The molecule has 2 fully saturated rings. The van der Waals surface area contributed by atoms with Gasteiger partial charge in [-0.25, -0.2) is 8.42 Å². The SMILES string of the molecule is O=C(O)[C@@H]1C[C@@H](S(=O)(=O)c2ccc(N3CCC(C(F)(F)F)CC3)cc2Cl)CN1. The van der Waals surface area contributed by atoms with Crippen LogP contribution in [-0.2, 0) is 14.6 Å². The minimum atomic E-state index is -4.20. The van der Waals surface area contributed by atoms with Gasteiger partial charge >= 0.3 is 12.1 Å². The van der Waals surface area contributed by atoms with E-state index in [1.165, 1.54) is 18.2 Å². The predicted octanol–water partition coefficient (Wildman–Crippen LogP) is 2.71. The Morgan fingerprint density at radius 3 is 2.39 bits per heavy atom. The highest BCUT2D eigenvalue weighted by Crippen LogP contribution is 2.37. The quantitative estimate of drug-likeness (QED) is 0.748. The maximum absolute atomic E-state index is 12.8. The van der Waals surface area contributed by atoms with Crippen molar-refractivity contribution in [2.24, 2.45) is 5.92 Å². The first-order valence-corrected chi connectivity index (χ1v) is 10.7. The van der Waals surface area contributed by atoms with Crippen LogP contribution in [0.2, 0.25) is 5.02 Å². The number of nitrogens with zero attached hydrogens (tertiary/aromatic N) is 1. The van der Waals surface area contributed by atoms with Gasteiger partial charge in [0.2, 0.25) is 0 Å². The molecule has 2 heterocycles. The van der Waals surface area contributed by atoms with Crippen molar-refractivity contribution in [2.75, 3.05) is 24.5 Å². The molecule has 2 N–H and O–H groups in total. The molecule has 11 heteroatoms. The van der Waals surface area contributed by atoms with Crippen LogP contribution in [0.1, 0.15) is 19.3 Å². The molecule has 0 saturated carbocycles. The van der Waals surface area contributed by atoms with Gasteiger partial charge in [0.1, 0.15) is 6.04 Å². The smallest absolute Gasteiger partial charge is 0.391 e. The van der Waals surface area contributed by atoms with Crippen LogP contribution in [0.25, 0.3) is 0 Å². The van der Waals surface area contributed by atoms with Crippen molar-refractivity contribution >= 4 is 33.1 Å². The Morgan fingerprint density at radius 1 is 1.25 bits per heavy atom. The minimum Gasteiger partial charge on any atom is -0.480 e. The van der Waals surface area contributed by atoms with E-state index in [9.17, 15) is 26.4 Å². The van der Waals surface area contributed by atoms with E-state index in [0.29, 0.717) is 5.69 Å². The average molecular weight is 441 g/mol. The molecule has 156 valence electrons. The van der Waals surface area contributed by atoms with Crippen LogP contribution in [-0.4, -0.2) is 56.6 Å². The van der Waals surface area contributed by atoms with Crippen molar-refractivity contribution in [1.82, 2.24) is 5.32 Å². The summed E-state index contributed by atoms with van der Waals surface area (Å²) in [7, 11) is -3.84. The van der Waals surface area contributed by atoms with E-state index in [4.69, 9.17) is 16.7 Å². The molecule has 0 amide bonds. The van der Waals surface area contributed by atoms with Gasteiger partial charge in [-0.15, -0.1) is 0 Å². The summed E-state index contributed by atoms with van der Waals surface area (Å²) >= 11 is 6.19. The lowest BCUT2D eigenvalue weighted by Crippen LogP contribution is -2.39. The van der Waals surface area contributed by atoms with Gasteiger partial charge in [-0.3, -0.25) is 4.79 Å². The normalized spacial score (nSPS) is 24.5. The fourth-order valence-electron chi connectivity index (χ4n) is 3.69. The summed E-state index contributed by atoms with van der Waals surface area (Å²) in [5.74, 6) is -2.43. The van der Waals surface area contributed by atoms with E-state index in [1.54, 1.807) is 4.90 Å². The summed E-state index contributed by atoms with van der Waals surface area (Å²) in [6.45, 7) is 0.432. The van der Waals surface area contributed by atoms with Gasteiger partial charge in [-0.2, -0.15) is 13.2 Å². The number of aliphatic carboxylic acids is 1. The number of hydrogen-bond acceptors (Lipinski definition) is 5. The zero-order valence-corrected chi connectivity index (χ0v) is 16.3. The molecule has 1 aromatic carbocycles. The zero-order valence-electron chi connectivity index (χ0n) is 14.7. The summed E-state index contributed by atoms with van der Waals surface area (Å²) in [4.78, 5) is 12.7. The second-order valence-corrected chi connectivity index (χ2v) is 9.72. The van der Waals surface area contributed by atoms with Gasteiger partial charge < -0.3 is 15.3 Å². The Labute approximate surface area is 165 Å². The van der Waals surface area contributed by atoms with Gasteiger partial charge in [0.15, 0.2) is 9.84 Å². The van der Waals surface area contributed by atoms with E-state index < -0.39 is 39.2 Å². The molecule has 0 bridgehead atoms. The third kappa shape index (κ3) is 4.23. The monoisotopic (exact) mass is 440 g/mol. The van der Waals surface area contributed by atoms with E-state index in [-0.39, 0.29) is 48.8 Å². The number of hydrogen-bond donors (Lipinski definition) is 2. The number of sulfone groups is 1. The second kappa shape index (κ2) is 7.72. The number of carboxylic acid groups (broad SMARTS) is 1. The van der Waals surface area contributed by atoms with E-state index in [0.717, 1.165) is 0 Å². The first-order chi connectivity index (χ1) is 13.0. The number of benzene rings is 1. The summed E-state index contributed by atoms with van der Waals surface area (Å²) in [6, 6.07) is 3.40. The molecule has 2 aliphatic heterocycles. The number of halogens is 4. The Bertz CT molecular complexity index is 854. The Kier molecular flexibility index (Phi) is 5.84. The number of carboxylic acids is 1. The molecule has 2 atom stereocenters. The summed E-state index contributed by atoms with van der Waals surface area (Å²) in [5.41, 5.74) is 0.567. The number of anilines is 1. The molecular weight excluding hydrogens is 421 g/mol. The standard InChI is InChI=1S/C17H20ClF3N2O4S/c18-13-7-11(23-5-3-10(4-6-23)17(19,20)21)1-2-15(13)28(26,27)12-8-14(16(24)25)22-9-12/h1-2,7,10,12,14,22H,3-6,8-9H2,(H,24,25)/t12-,14+/m1/s1. The van der Waals surface area contributed by atoms with Crippen LogP contribution < -0.4 is 10.2 Å². The third-order valence-electron chi connectivity index (χ3n) is 5.37. The van der Waals surface area contributed by atoms with Crippen LogP contribution in [0.5, 0.6) is 0 Å². The molecule has 0 radical (unpaired) electrons. The topological polar surface area (TPSA) is 86.7 Å². The van der Waals surface area contributed by atoms with Crippen molar-refractivity contribution in [1.29, 1.82) is 0 Å². The van der Waals surface area contributed by atoms with Gasteiger partial charge in [0, 0.05) is 25.3 Å². The van der Waals surface area contributed by atoms with Crippen molar-refractivity contribution in [2.45, 2.75) is 41.6 Å². The minimum absolute atomic E-state index is 0.0162. The van der Waals surface area contributed by atoms with Crippen LogP contribution in [0, 0.1) is 5.92 Å². The Hall–Kier alpha value is -1.52. The van der Waals surface area contributed by atoms with Crippen LogP contribution in [0.15, 0.2) is 23.1 Å². The largest absolute Gasteiger partial charge is 0.480 e. The van der Waals surface area contributed by atoms with Crippen LogP contribution >= 0.6 is 11.6 Å². The van der Waals surface area contributed by atoms with Crippen molar-refractivity contribution in [3.05, 3.63) is 23.2 Å². The molecule has 1 aromatic rings. The maximum atomic E-state index is 12.8. The van der Waals surface area contributed by atoms with Crippen LogP contribution in [0.3, 0.4) is 0 Å². The lowest BCUT2D eigenvalue weighted by Gasteiger charge is -2.34. The highest BCUT2D eigenvalue weighted by molar-refractivity contribution is 7.92. The van der Waals surface area contributed by atoms with Gasteiger partial charge in [0.05, 0.1) is 21.1 Å². The molecule has 3 rings (SSSR count). The molecular formula is C17H20ClF3N2O4S. The molecule has 0 aromatic heterocycles. The Balaban J connectivity index is 1.74. The number of alkyl halides is 3. The van der Waals surface area contributed by atoms with Crippen molar-refractivity contribution in [3.8, 4) is 0 Å². The van der Waals surface area contributed by atoms with Gasteiger partial charge in [-0.1, -0.05) is 11.6 Å². The van der Waals surface area contributed by atoms with E-state index in [1.807, 2.05) is 0 Å². The first-order valence-electron chi connectivity index (χ1n) is 8.81. The molecule has 28 heavy (non-hydrogen) atoms. The second-order valence-electron chi connectivity index (χ2n) is 7.12. The van der Waals surface area contributed by atoms with Crippen LogP contribution in [0.4, 0.5) is 18.9 Å². The summed E-state index contributed by atoms with van der Waals surface area (Å²) in [6.07, 6.45) is -4.30. The number of piperidine rings is 1. The summed E-state index contributed by atoms with van der Waals surface area (Å²) in [5, 5.41) is 10.7. The maximum Gasteiger partial charge on any atom is 0.391 e. The highest BCUT2D eigenvalue weighted by atomic mass is 35.5. The van der Waals surface area contributed by atoms with Gasteiger partial charge in [0.25, 0.3) is 0 Å². The molecule has 2 aliphatic rings. The zero-order chi connectivity index (χ0) is 20.7. The molecule has 0 aliphatic carbocycles. The molecule has 0 unspecified atom stereocenters. The lowest BCUT2D eigenvalue weighted by atomic mass is 9.96. The number of nitrogens with one attached hydrogen (secondary N) is 1. The van der Waals surface area contributed by atoms with E-state index in [2.05, 4.69) is 5.32 Å². The van der Waals surface area contributed by atoms with Crippen molar-refractivity contribution < 1.29 is 31.5 Å². The number of rotatable bonds is 4. The average Bonchev–Trinajstić information content (AvgIpc) is 3.12. The summed E-state index contributed by atoms with van der Waals surface area (Å²) < 4.78 is 64.0. The fraction of sp³-hybridized carbons (Fsp3) is 0.588. The van der Waals surface area contributed by atoms with E-state index >= 15 is 0 Å². The molecule has 2 saturated heterocycles. The Morgan fingerprint density at radius 2 is 1.89 bits per heavy atom. The third-order valence-corrected chi connectivity index (χ3v) is 8.00. The van der Waals surface area contributed by atoms with Gasteiger partial charge in [-0.05, 0) is 37.5 Å². The molecule has 6 nitrogen and oxygen atoms in total. The lowest BCUT2D eigenvalue weighted by molar-refractivity contribution is -0.179. The first kappa shape index (κ1) is 21.2. The predicted molar refractivity (Wildman–Crippen MR) is 97.5 cm³/mol. The van der Waals surface area contributed by atoms with Crippen molar-refractivity contribution in [3.63, 3.8) is 0 Å². The molecule has 0 spiro atoms. The fourth-order valence-corrected chi connectivity index (χ4v) is 5.90. The highest BCUT2D eigenvalue weighted by Gasteiger charge is 2.41. The number of carbonyl (C=O) groups is 1.